The lowest BCUT2D eigenvalue weighted by atomic mass is 9.97. The Hall–Kier alpha value is -1.55. The van der Waals surface area contributed by atoms with E-state index < -0.39 is 0 Å². The number of hydrogen-bond acceptors (Lipinski definition) is 3. The molecule has 0 aromatic heterocycles. The quantitative estimate of drug-likeness (QED) is 0.873. The van der Waals surface area contributed by atoms with Gasteiger partial charge in [0.05, 0.1) is 0 Å². The van der Waals surface area contributed by atoms with Crippen LogP contribution in [0.15, 0.2) is 24.3 Å². The molecule has 0 aliphatic carbocycles. The summed E-state index contributed by atoms with van der Waals surface area (Å²) in [5.41, 5.74) is 7.13. The van der Waals surface area contributed by atoms with E-state index in [1.165, 1.54) is 31.4 Å². The van der Waals surface area contributed by atoms with Crippen molar-refractivity contribution in [2.75, 3.05) is 11.4 Å². The maximum Gasteiger partial charge on any atom is 0.248 e. The van der Waals surface area contributed by atoms with Gasteiger partial charge in [-0.1, -0.05) is 6.92 Å². The molecule has 4 nitrogen and oxygen atoms in total. The Morgan fingerprint density at radius 3 is 2.38 bits per heavy atom. The zero-order valence-corrected chi connectivity index (χ0v) is 12.7. The Bertz CT molecular complexity index is 487. The van der Waals surface area contributed by atoms with Gasteiger partial charge in [-0.15, -0.1) is 0 Å². The Balaban J connectivity index is 1.78. The first-order valence-electron chi connectivity index (χ1n) is 8.10. The monoisotopic (exact) mass is 287 g/mol. The normalized spacial score (nSPS) is 27.6. The van der Waals surface area contributed by atoms with Gasteiger partial charge in [-0.3, -0.25) is 4.79 Å². The summed E-state index contributed by atoms with van der Waals surface area (Å²) in [5.74, 6) is -0.358. The van der Waals surface area contributed by atoms with Gasteiger partial charge in [-0.25, -0.2) is 0 Å². The van der Waals surface area contributed by atoms with Crippen LogP contribution in [-0.4, -0.2) is 30.6 Å². The smallest absolute Gasteiger partial charge is 0.248 e. The summed E-state index contributed by atoms with van der Waals surface area (Å²) in [4.78, 5) is 13.7. The molecule has 1 aromatic carbocycles. The van der Waals surface area contributed by atoms with Gasteiger partial charge >= 0.3 is 0 Å². The Kier molecular flexibility index (Phi) is 4.15. The molecular formula is C17H25N3O. The van der Waals surface area contributed by atoms with Gasteiger partial charge in [-0.2, -0.15) is 0 Å². The minimum absolute atomic E-state index is 0.358. The number of nitrogens with one attached hydrogen (secondary N) is 1. The van der Waals surface area contributed by atoms with Crippen LogP contribution < -0.4 is 16.0 Å². The van der Waals surface area contributed by atoms with Gasteiger partial charge in [0.15, 0.2) is 0 Å². The number of amides is 1. The SMILES string of the molecule is CCCN(c1ccc(C(N)=O)cc1)C1CC2CCC(C1)N2. The number of benzene rings is 1. The van der Waals surface area contributed by atoms with E-state index in [0.717, 1.165) is 13.0 Å². The van der Waals surface area contributed by atoms with E-state index in [1.54, 1.807) is 0 Å². The topological polar surface area (TPSA) is 58.4 Å². The van der Waals surface area contributed by atoms with Crippen LogP contribution in [0.5, 0.6) is 0 Å². The average Bonchev–Trinajstić information content (AvgIpc) is 2.83. The molecule has 2 fully saturated rings. The van der Waals surface area contributed by atoms with Crippen LogP contribution in [0, 0.1) is 0 Å². The third-order valence-corrected chi connectivity index (χ3v) is 4.84. The molecule has 1 aromatic rings. The first kappa shape index (κ1) is 14.4. The van der Waals surface area contributed by atoms with E-state index in [4.69, 9.17) is 5.73 Å². The molecule has 2 unspecified atom stereocenters. The van der Waals surface area contributed by atoms with Crippen molar-refractivity contribution in [2.24, 2.45) is 5.73 Å². The molecule has 2 aliphatic rings. The molecule has 0 radical (unpaired) electrons. The maximum atomic E-state index is 11.2. The predicted molar refractivity (Wildman–Crippen MR) is 85.6 cm³/mol. The lowest BCUT2D eigenvalue weighted by Crippen LogP contribution is -2.48. The summed E-state index contributed by atoms with van der Waals surface area (Å²) in [6, 6.07) is 9.77. The molecule has 2 saturated heterocycles. The van der Waals surface area contributed by atoms with E-state index in [0.29, 0.717) is 23.7 Å². The zero-order chi connectivity index (χ0) is 14.8. The molecule has 2 aliphatic heterocycles. The summed E-state index contributed by atoms with van der Waals surface area (Å²) in [6.07, 6.45) is 6.24. The van der Waals surface area contributed by atoms with E-state index in [2.05, 4.69) is 17.1 Å². The molecule has 3 rings (SSSR count). The van der Waals surface area contributed by atoms with Crippen molar-refractivity contribution in [2.45, 2.75) is 57.2 Å². The van der Waals surface area contributed by atoms with Crippen LogP contribution in [0.3, 0.4) is 0 Å². The lowest BCUT2D eigenvalue weighted by Gasteiger charge is -2.39. The molecule has 0 spiro atoms. The predicted octanol–water partition coefficient (Wildman–Crippen LogP) is 2.28. The number of hydrogen-bond donors (Lipinski definition) is 2. The zero-order valence-electron chi connectivity index (χ0n) is 12.7. The number of rotatable bonds is 5. The average molecular weight is 287 g/mol. The summed E-state index contributed by atoms with van der Waals surface area (Å²) in [6.45, 7) is 3.29. The number of fused-ring (bicyclic) bond motifs is 2. The highest BCUT2D eigenvalue weighted by atomic mass is 16.1. The van der Waals surface area contributed by atoms with Crippen molar-refractivity contribution in [3.05, 3.63) is 29.8 Å². The van der Waals surface area contributed by atoms with Crippen molar-refractivity contribution in [3.63, 3.8) is 0 Å². The molecule has 21 heavy (non-hydrogen) atoms. The maximum absolute atomic E-state index is 11.2. The minimum Gasteiger partial charge on any atom is -0.368 e. The van der Waals surface area contributed by atoms with Gasteiger partial charge in [0.1, 0.15) is 0 Å². The van der Waals surface area contributed by atoms with Crippen molar-refractivity contribution in [3.8, 4) is 0 Å². The summed E-state index contributed by atoms with van der Waals surface area (Å²) in [7, 11) is 0. The van der Waals surface area contributed by atoms with Gasteiger partial charge < -0.3 is 16.0 Å². The van der Waals surface area contributed by atoms with Gasteiger partial charge in [0, 0.05) is 35.9 Å². The Morgan fingerprint density at radius 1 is 1.24 bits per heavy atom. The van der Waals surface area contributed by atoms with Crippen LogP contribution in [-0.2, 0) is 0 Å². The highest BCUT2D eigenvalue weighted by Crippen LogP contribution is 2.32. The molecule has 0 saturated carbocycles. The molecule has 2 bridgehead atoms. The lowest BCUT2D eigenvalue weighted by molar-refractivity contribution is 0.100. The fourth-order valence-electron chi connectivity index (χ4n) is 3.86. The van der Waals surface area contributed by atoms with Gasteiger partial charge in [0.2, 0.25) is 5.91 Å². The van der Waals surface area contributed by atoms with E-state index in [9.17, 15) is 4.79 Å². The molecular weight excluding hydrogens is 262 g/mol. The summed E-state index contributed by atoms with van der Waals surface area (Å²) in [5, 5.41) is 3.70. The first-order valence-corrected chi connectivity index (χ1v) is 8.10. The highest BCUT2D eigenvalue weighted by molar-refractivity contribution is 5.93. The Morgan fingerprint density at radius 2 is 1.86 bits per heavy atom. The summed E-state index contributed by atoms with van der Waals surface area (Å²) < 4.78 is 0. The van der Waals surface area contributed by atoms with E-state index in [-0.39, 0.29) is 5.91 Å². The van der Waals surface area contributed by atoms with Crippen LogP contribution in [0.25, 0.3) is 0 Å². The number of piperidine rings is 1. The van der Waals surface area contributed by atoms with Crippen LogP contribution in [0.1, 0.15) is 49.4 Å². The van der Waals surface area contributed by atoms with Gasteiger partial charge in [-0.05, 0) is 56.4 Å². The third-order valence-electron chi connectivity index (χ3n) is 4.84. The largest absolute Gasteiger partial charge is 0.368 e. The van der Waals surface area contributed by atoms with Gasteiger partial charge in [0.25, 0.3) is 0 Å². The van der Waals surface area contributed by atoms with Crippen molar-refractivity contribution in [1.29, 1.82) is 0 Å². The number of nitrogens with two attached hydrogens (primary N) is 1. The number of nitrogens with zero attached hydrogens (tertiary/aromatic N) is 1. The molecule has 3 N–H and O–H groups in total. The molecule has 1 amide bonds. The van der Waals surface area contributed by atoms with Crippen molar-refractivity contribution < 1.29 is 4.79 Å². The van der Waals surface area contributed by atoms with E-state index in [1.807, 2.05) is 24.3 Å². The number of carbonyl (C=O) groups is 1. The second-order valence-electron chi connectivity index (χ2n) is 6.37. The van der Waals surface area contributed by atoms with Crippen molar-refractivity contribution in [1.82, 2.24) is 5.32 Å². The van der Waals surface area contributed by atoms with Crippen molar-refractivity contribution >= 4 is 11.6 Å². The second-order valence-corrected chi connectivity index (χ2v) is 6.37. The Labute approximate surface area is 126 Å². The molecule has 4 heteroatoms. The standard InChI is InChI=1S/C17H25N3O/c1-2-9-20(15-7-3-12(4-8-15)17(18)21)16-10-13-5-6-14(11-16)19-13/h3-4,7-8,13-14,16,19H,2,5-6,9-11H2,1H3,(H2,18,21). The third kappa shape index (κ3) is 3.05. The number of carbonyl (C=O) groups excluding carboxylic acids is 1. The molecule has 2 heterocycles. The number of primary amides is 1. The highest BCUT2D eigenvalue weighted by Gasteiger charge is 2.35. The molecule has 2 atom stereocenters. The fraction of sp³-hybridized carbons (Fsp3) is 0.588. The fourth-order valence-corrected chi connectivity index (χ4v) is 3.86. The van der Waals surface area contributed by atoms with E-state index >= 15 is 0 Å². The number of anilines is 1. The van der Waals surface area contributed by atoms with Crippen LogP contribution in [0.2, 0.25) is 0 Å². The summed E-state index contributed by atoms with van der Waals surface area (Å²) >= 11 is 0. The first-order chi connectivity index (χ1) is 10.2. The minimum atomic E-state index is -0.358. The second kappa shape index (κ2) is 6.06. The molecule has 114 valence electrons. The van der Waals surface area contributed by atoms with Crippen LogP contribution >= 0.6 is 0 Å². The van der Waals surface area contributed by atoms with Crippen LogP contribution in [0.4, 0.5) is 5.69 Å².